The van der Waals surface area contributed by atoms with Crippen molar-refractivity contribution in [2.45, 2.75) is 45.6 Å². The van der Waals surface area contributed by atoms with Crippen molar-refractivity contribution >= 4 is 29.4 Å². The van der Waals surface area contributed by atoms with Gasteiger partial charge in [-0.3, -0.25) is 19.6 Å². The normalized spacial score (nSPS) is 16.8. The summed E-state index contributed by atoms with van der Waals surface area (Å²) in [6, 6.07) is 11.8. The van der Waals surface area contributed by atoms with E-state index in [4.69, 9.17) is 4.74 Å². The third-order valence-corrected chi connectivity index (χ3v) is 6.60. The van der Waals surface area contributed by atoms with Gasteiger partial charge in [0.15, 0.2) is 0 Å². The average molecular weight is 520 g/mol. The minimum absolute atomic E-state index is 0.0233. The Morgan fingerprint density at radius 3 is 2.47 bits per heavy atom. The second-order valence-electron chi connectivity index (χ2n) is 9.35. The summed E-state index contributed by atoms with van der Waals surface area (Å²) in [7, 11) is 0. The molecule has 0 saturated heterocycles. The fourth-order valence-electron chi connectivity index (χ4n) is 4.61. The van der Waals surface area contributed by atoms with Crippen molar-refractivity contribution in [1.82, 2.24) is 4.90 Å². The molecule has 0 bridgehead atoms. The van der Waals surface area contributed by atoms with Gasteiger partial charge in [-0.1, -0.05) is 36.4 Å². The maximum atomic E-state index is 14.2. The lowest BCUT2D eigenvalue weighted by Gasteiger charge is -2.20. The van der Waals surface area contributed by atoms with Crippen LogP contribution in [0.2, 0.25) is 0 Å². The Morgan fingerprint density at radius 1 is 1.05 bits per heavy atom. The molecular formula is C30H31F2N3O3. The van der Waals surface area contributed by atoms with E-state index in [0.29, 0.717) is 44.5 Å². The van der Waals surface area contributed by atoms with Crippen LogP contribution in [0.15, 0.2) is 70.3 Å². The van der Waals surface area contributed by atoms with Crippen molar-refractivity contribution in [3.8, 4) is 0 Å². The number of esters is 1. The van der Waals surface area contributed by atoms with E-state index in [0.717, 1.165) is 22.4 Å². The number of amides is 1. The van der Waals surface area contributed by atoms with Gasteiger partial charge in [0.25, 0.3) is 0 Å². The summed E-state index contributed by atoms with van der Waals surface area (Å²) in [6.45, 7) is 4.00. The predicted molar refractivity (Wildman–Crippen MR) is 144 cm³/mol. The smallest absolute Gasteiger partial charge is 0.302 e. The summed E-state index contributed by atoms with van der Waals surface area (Å²) in [5.41, 5.74) is 4.36. The molecule has 0 aromatic heterocycles. The SMILES string of the molecule is CC(=O)OCCCN(CC1=CC=C(c2ccc(C3CCC(c4c(F)cccc4F)=N3)cc2)CC=N1)C(C)=O. The highest BCUT2D eigenvalue weighted by atomic mass is 19.1. The van der Waals surface area contributed by atoms with Gasteiger partial charge in [-0.05, 0) is 54.2 Å². The fraction of sp³-hybridized carbons (Fsp3) is 0.333. The lowest BCUT2D eigenvalue weighted by Crippen LogP contribution is -2.32. The second kappa shape index (κ2) is 12.5. The van der Waals surface area contributed by atoms with Crippen LogP contribution < -0.4 is 0 Å². The molecule has 0 fully saturated rings. The van der Waals surface area contributed by atoms with Crippen LogP contribution in [-0.2, 0) is 14.3 Å². The van der Waals surface area contributed by atoms with Crippen molar-refractivity contribution in [2.24, 2.45) is 9.98 Å². The zero-order valence-electron chi connectivity index (χ0n) is 21.6. The topological polar surface area (TPSA) is 71.3 Å². The number of hydrogen-bond acceptors (Lipinski definition) is 5. The highest BCUT2D eigenvalue weighted by Gasteiger charge is 2.24. The van der Waals surface area contributed by atoms with E-state index in [1.165, 1.54) is 32.0 Å². The molecule has 198 valence electrons. The molecule has 4 rings (SSSR count). The highest BCUT2D eigenvalue weighted by Crippen LogP contribution is 2.33. The summed E-state index contributed by atoms with van der Waals surface area (Å²) in [5.74, 6) is -1.56. The molecule has 8 heteroatoms. The summed E-state index contributed by atoms with van der Waals surface area (Å²) in [5, 5.41) is 0. The largest absolute Gasteiger partial charge is 0.466 e. The van der Waals surface area contributed by atoms with E-state index < -0.39 is 11.6 Å². The summed E-state index contributed by atoms with van der Waals surface area (Å²) < 4.78 is 33.3. The molecule has 2 aliphatic heterocycles. The minimum atomic E-state index is -0.581. The number of benzene rings is 2. The lowest BCUT2D eigenvalue weighted by atomic mass is 9.98. The molecule has 2 aromatic carbocycles. The van der Waals surface area contributed by atoms with Gasteiger partial charge in [-0.25, -0.2) is 8.78 Å². The molecule has 1 amide bonds. The quantitative estimate of drug-likeness (QED) is 0.309. The van der Waals surface area contributed by atoms with Crippen LogP contribution in [0.3, 0.4) is 0 Å². The van der Waals surface area contributed by atoms with Crippen LogP contribution in [0.25, 0.3) is 5.57 Å². The number of aliphatic imine (C=N–C) groups is 2. The molecule has 0 N–H and O–H groups in total. The van der Waals surface area contributed by atoms with Gasteiger partial charge in [-0.15, -0.1) is 0 Å². The molecule has 38 heavy (non-hydrogen) atoms. The first kappa shape index (κ1) is 27.1. The maximum Gasteiger partial charge on any atom is 0.302 e. The Balaban J connectivity index is 1.41. The first-order valence-corrected chi connectivity index (χ1v) is 12.7. The number of carbonyl (C=O) groups excluding carboxylic acids is 2. The van der Waals surface area contributed by atoms with Gasteiger partial charge in [0.05, 0.1) is 30.5 Å². The molecule has 1 atom stereocenters. The number of halogens is 2. The number of allylic oxidation sites excluding steroid dienone is 3. The molecular weight excluding hydrogens is 488 g/mol. The molecule has 6 nitrogen and oxygen atoms in total. The van der Waals surface area contributed by atoms with E-state index in [9.17, 15) is 18.4 Å². The Morgan fingerprint density at radius 2 is 1.79 bits per heavy atom. The molecule has 0 spiro atoms. The number of nitrogens with zero attached hydrogens (tertiary/aromatic N) is 3. The third kappa shape index (κ3) is 6.88. The second-order valence-corrected chi connectivity index (χ2v) is 9.35. The zero-order valence-corrected chi connectivity index (χ0v) is 21.6. The molecule has 0 aliphatic carbocycles. The van der Waals surface area contributed by atoms with Crippen LogP contribution in [0.1, 0.15) is 62.3 Å². The number of carbonyl (C=O) groups is 2. The fourth-order valence-corrected chi connectivity index (χ4v) is 4.61. The molecule has 1 unspecified atom stereocenters. The van der Waals surface area contributed by atoms with Crippen molar-refractivity contribution in [2.75, 3.05) is 19.7 Å². The van der Waals surface area contributed by atoms with E-state index >= 15 is 0 Å². The van der Waals surface area contributed by atoms with Gasteiger partial charge in [-0.2, -0.15) is 0 Å². The minimum Gasteiger partial charge on any atom is -0.466 e. The molecule has 0 radical (unpaired) electrons. The van der Waals surface area contributed by atoms with E-state index in [2.05, 4.69) is 9.98 Å². The summed E-state index contributed by atoms with van der Waals surface area (Å²) in [4.78, 5) is 33.8. The highest BCUT2D eigenvalue weighted by molar-refractivity contribution is 6.02. The van der Waals surface area contributed by atoms with Gasteiger partial charge >= 0.3 is 5.97 Å². The number of rotatable bonds is 9. The van der Waals surface area contributed by atoms with E-state index in [1.54, 1.807) is 4.90 Å². The van der Waals surface area contributed by atoms with Crippen LogP contribution in [-0.4, -0.2) is 48.4 Å². The molecule has 2 aliphatic rings. The Labute approximate surface area is 221 Å². The van der Waals surface area contributed by atoms with Gasteiger partial charge in [0.1, 0.15) is 11.6 Å². The van der Waals surface area contributed by atoms with Crippen LogP contribution in [0.4, 0.5) is 8.78 Å². The van der Waals surface area contributed by atoms with Crippen LogP contribution >= 0.6 is 0 Å². The van der Waals surface area contributed by atoms with Crippen molar-refractivity contribution in [3.05, 3.63) is 88.6 Å². The zero-order chi connectivity index (χ0) is 27.1. The lowest BCUT2D eigenvalue weighted by molar-refractivity contribution is -0.141. The standard InChI is InChI=1S/C30H31F2N3O3/c1-20(36)35(17-4-18-38-21(2)37)19-25-12-11-23(15-16-33-25)22-7-9-24(10-8-22)28-13-14-29(34-28)30-26(31)5-3-6-27(30)32/h3,5-12,16,28H,4,13-15,17-19H2,1-2H3. The Kier molecular flexibility index (Phi) is 8.94. The van der Waals surface area contributed by atoms with Crippen molar-refractivity contribution in [1.29, 1.82) is 0 Å². The van der Waals surface area contributed by atoms with E-state index in [-0.39, 0.29) is 30.1 Å². The Hall–Kier alpha value is -3.94. The number of hydrogen-bond donors (Lipinski definition) is 0. The maximum absolute atomic E-state index is 14.2. The monoisotopic (exact) mass is 519 g/mol. The van der Waals surface area contributed by atoms with Crippen LogP contribution in [0.5, 0.6) is 0 Å². The predicted octanol–water partition coefficient (Wildman–Crippen LogP) is 5.83. The first-order chi connectivity index (χ1) is 18.3. The average Bonchev–Trinajstić information content (AvgIpc) is 3.24. The third-order valence-electron chi connectivity index (χ3n) is 6.60. The molecule has 0 saturated carbocycles. The van der Waals surface area contributed by atoms with Gasteiger partial charge in [0, 0.05) is 38.7 Å². The first-order valence-electron chi connectivity index (χ1n) is 12.7. The summed E-state index contributed by atoms with van der Waals surface area (Å²) in [6.07, 6.45) is 8.21. The van der Waals surface area contributed by atoms with Crippen molar-refractivity contribution in [3.63, 3.8) is 0 Å². The molecule has 2 aromatic rings. The van der Waals surface area contributed by atoms with Gasteiger partial charge < -0.3 is 9.64 Å². The Bertz CT molecular complexity index is 1290. The van der Waals surface area contributed by atoms with Gasteiger partial charge in [0.2, 0.25) is 5.91 Å². The summed E-state index contributed by atoms with van der Waals surface area (Å²) >= 11 is 0. The van der Waals surface area contributed by atoms with Crippen LogP contribution in [0, 0.1) is 11.6 Å². The number of ether oxygens (including phenoxy) is 1. The van der Waals surface area contributed by atoms with Crippen molar-refractivity contribution < 1.29 is 23.1 Å². The van der Waals surface area contributed by atoms with E-state index in [1.807, 2.05) is 42.6 Å². The molecule has 2 heterocycles.